The third-order valence-corrected chi connectivity index (χ3v) is 2.10. The van der Waals surface area contributed by atoms with Gasteiger partial charge in [0.05, 0.1) is 0 Å². The lowest BCUT2D eigenvalue weighted by molar-refractivity contribution is -0.115. The van der Waals surface area contributed by atoms with Crippen LogP contribution >= 0.6 is 0 Å². The Labute approximate surface area is 91.1 Å². The summed E-state index contributed by atoms with van der Waals surface area (Å²) >= 11 is 0. The Bertz CT molecular complexity index is 488. The van der Waals surface area contributed by atoms with Gasteiger partial charge in [-0.1, -0.05) is 24.3 Å². The summed E-state index contributed by atoms with van der Waals surface area (Å²) in [7, 11) is 0. The Hall–Kier alpha value is -2.43. The van der Waals surface area contributed by atoms with Gasteiger partial charge in [-0.15, -0.1) is 0 Å². The maximum Gasteiger partial charge on any atom is 0.326 e. The third-order valence-electron chi connectivity index (χ3n) is 2.10. The van der Waals surface area contributed by atoms with Crippen LogP contribution in [0.3, 0.4) is 0 Å². The number of carbonyl (C=O) groups excluding carboxylic acids is 3. The number of hydrogen-bond acceptors (Lipinski definition) is 3. The van der Waals surface area contributed by atoms with Gasteiger partial charge in [0, 0.05) is 5.56 Å². The largest absolute Gasteiger partial charge is 0.326 e. The summed E-state index contributed by atoms with van der Waals surface area (Å²) in [6.07, 6.45) is 2.27. The molecule has 0 radical (unpaired) electrons. The summed E-state index contributed by atoms with van der Waals surface area (Å²) in [6.45, 7) is 0. The van der Waals surface area contributed by atoms with Gasteiger partial charge in [-0.05, 0) is 11.6 Å². The molecule has 2 N–H and O–H groups in total. The zero-order valence-electron chi connectivity index (χ0n) is 8.19. The van der Waals surface area contributed by atoms with Crippen LogP contribution in [0.2, 0.25) is 0 Å². The minimum Gasteiger partial charge on any atom is -0.303 e. The van der Waals surface area contributed by atoms with E-state index >= 15 is 0 Å². The fraction of sp³-hybridized carbons (Fsp3) is 0. The molecule has 0 bridgehead atoms. The van der Waals surface area contributed by atoms with E-state index in [9.17, 15) is 14.4 Å². The van der Waals surface area contributed by atoms with Crippen molar-refractivity contribution in [3.05, 3.63) is 41.1 Å². The van der Waals surface area contributed by atoms with Crippen molar-refractivity contribution in [2.45, 2.75) is 0 Å². The molecule has 0 saturated carbocycles. The molecule has 1 aromatic rings. The first-order valence-electron chi connectivity index (χ1n) is 4.58. The van der Waals surface area contributed by atoms with E-state index in [0.717, 1.165) is 11.8 Å². The molecule has 3 amide bonds. The molecule has 0 aromatic heterocycles. The summed E-state index contributed by atoms with van der Waals surface area (Å²) in [5.41, 5.74) is 1.49. The van der Waals surface area contributed by atoms with Crippen molar-refractivity contribution in [3.8, 4) is 0 Å². The molecule has 0 unspecified atom stereocenters. The number of nitrogens with one attached hydrogen (secondary N) is 2. The number of urea groups is 1. The Morgan fingerprint density at radius 1 is 0.938 bits per heavy atom. The van der Waals surface area contributed by atoms with Gasteiger partial charge in [0.15, 0.2) is 0 Å². The number of rotatable bonds is 2. The van der Waals surface area contributed by atoms with Crippen LogP contribution in [0.1, 0.15) is 15.9 Å². The van der Waals surface area contributed by atoms with E-state index in [0.29, 0.717) is 5.56 Å². The smallest absolute Gasteiger partial charge is 0.303 e. The van der Waals surface area contributed by atoms with Crippen LogP contribution in [-0.2, 0) is 4.79 Å². The van der Waals surface area contributed by atoms with Crippen LogP contribution in [0.25, 0.3) is 6.08 Å². The second-order valence-electron chi connectivity index (χ2n) is 3.25. The van der Waals surface area contributed by atoms with Crippen molar-refractivity contribution in [3.63, 3.8) is 0 Å². The van der Waals surface area contributed by atoms with Gasteiger partial charge in [0.2, 0.25) is 0 Å². The second kappa shape index (κ2) is 3.98. The number of aldehydes is 1. The monoisotopic (exact) mass is 216 g/mol. The van der Waals surface area contributed by atoms with Crippen LogP contribution in [0, 0.1) is 0 Å². The minimum atomic E-state index is -0.527. The lowest BCUT2D eigenvalue weighted by atomic mass is 10.1. The Morgan fingerprint density at radius 2 is 1.56 bits per heavy atom. The van der Waals surface area contributed by atoms with Crippen molar-refractivity contribution < 1.29 is 14.4 Å². The Morgan fingerprint density at radius 3 is 2.06 bits per heavy atom. The van der Waals surface area contributed by atoms with E-state index in [1.165, 1.54) is 6.08 Å². The summed E-state index contributed by atoms with van der Waals surface area (Å²) < 4.78 is 0. The van der Waals surface area contributed by atoms with Gasteiger partial charge >= 0.3 is 6.03 Å². The van der Waals surface area contributed by atoms with Gasteiger partial charge < -0.3 is 5.32 Å². The summed E-state index contributed by atoms with van der Waals surface area (Å²) in [4.78, 5) is 32.4. The molecule has 1 heterocycles. The number of amides is 3. The van der Waals surface area contributed by atoms with E-state index in [1.54, 1.807) is 24.3 Å². The molecule has 0 spiro atoms. The maximum absolute atomic E-state index is 11.2. The molecule has 5 nitrogen and oxygen atoms in total. The predicted molar refractivity (Wildman–Crippen MR) is 56.5 cm³/mol. The Balaban J connectivity index is 2.25. The van der Waals surface area contributed by atoms with Gasteiger partial charge in [-0.3, -0.25) is 14.9 Å². The molecule has 80 valence electrons. The summed E-state index contributed by atoms with van der Waals surface area (Å²) in [5, 5.41) is 4.47. The average Bonchev–Trinajstić information content (AvgIpc) is 2.59. The molecular formula is C11H8N2O3. The van der Waals surface area contributed by atoms with Crippen molar-refractivity contribution >= 4 is 24.3 Å². The van der Waals surface area contributed by atoms with Gasteiger partial charge in [-0.25, -0.2) is 4.79 Å². The first kappa shape index (κ1) is 10.1. The Kier molecular flexibility index (Phi) is 2.51. The van der Waals surface area contributed by atoms with Crippen molar-refractivity contribution in [2.24, 2.45) is 0 Å². The lowest BCUT2D eigenvalue weighted by Crippen LogP contribution is -2.22. The number of hydrogen-bond donors (Lipinski definition) is 2. The zero-order valence-corrected chi connectivity index (χ0v) is 8.19. The molecule has 1 aliphatic heterocycles. The molecule has 1 aromatic carbocycles. The highest BCUT2D eigenvalue weighted by Crippen LogP contribution is 2.09. The highest BCUT2D eigenvalue weighted by Gasteiger charge is 2.22. The summed E-state index contributed by atoms with van der Waals surface area (Å²) in [6, 6.07) is 6.12. The van der Waals surface area contributed by atoms with E-state index in [-0.39, 0.29) is 5.70 Å². The van der Waals surface area contributed by atoms with Gasteiger partial charge in [0.25, 0.3) is 5.91 Å². The molecule has 2 rings (SSSR count). The van der Waals surface area contributed by atoms with Crippen LogP contribution in [-0.4, -0.2) is 18.2 Å². The van der Waals surface area contributed by atoms with E-state index in [2.05, 4.69) is 10.6 Å². The van der Waals surface area contributed by atoms with Crippen molar-refractivity contribution in [1.82, 2.24) is 10.6 Å². The molecule has 0 aliphatic carbocycles. The zero-order chi connectivity index (χ0) is 11.5. The first-order valence-corrected chi connectivity index (χ1v) is 4.58. The number of imide groups is 1. The van der Waals surface area contributed by atoms with Crippen LogP contribution in [0.4, 0.5) is 4.79 Å². The fourth-order valence-corrected chi connectivity index (χ4v) is 1.32. The molecule has 1 fully saturated rings. The van der Waals surface area contributed by atoms with Crippen LogP contribution in [0.15, 0.2) is 30.0 Å². The lowest BCUT2D eigenvalue weighted by Gasteiger charge is -1.96. The van der Waals surface area contributed by atoms with E-state index in [1.807, 2.05) is 0 Å². The van der Waals surface area contributed by atoms with E-state index < -0.39 is 11.9 Å². The first-order chi connectivity index (χ1) is 7.69. The quantitative estimate of drug-likeness (QED) is 0.433. The highest BCUT2D eigenvalue weighted by molar-refractivity contribution is 6.13. The predicted octanol–water partition coefficient (Wildman–Crippen LogP) is 0.679. The molecule has 16 heavy (non-hydrogen) atoms. The van der Waals surface area contributed by atoms with Gasteiger partial charge in [-0.2, -0.15) is 0 Å². The average molecular weight is 216 g/mol. The van der Waals surface area contributed by atoms with Crippen molar-refractivity contribution in [1.29, 1.82) is 0 Å². The summed E-state index contributed by atoms with van der Waals surface area (Å²) in [5.74, 6) is -0.454. The molecule has 1 saturated heterocycles. The topological polar surface area (TPSA) is 75.3 Å². The van der Waals surface area contributed by atoms with E-state index in [4.69, 9.17) is 0 Å². The molecule has 5 heteroatoms. The molecule has 0 atom stereocenters. The third kappa shape index (κ3) is 1.98. The molecule has 1 aliphatic rings. The fourth-order valence-electron chi connectivity index (χ4n) is 1.32. The standard InChI is InChI=1S/C11H8N2O3/c14-6-8-3-1-7(2-4-8)5-9-10(15)13-11(16)12-9/h1-6H,(H2,12,13,15,16)/b9-5-. The number of carbonyl (C=O) groups is 3. The SMILES string of the molecule is O=Cc1ccc(/C=C2\NC(=O)NC2=O)cc1. The highest BCUT2D eigenvalue weighted by atomic mass is 16.2. The van der Waals surface area contributed by atoms with Crippen LogP contribution in [0.5, 0.6) is 0 Å². The normalized spacial score (nSPS) is 17.1. The molecular weight excluding hydrogens is 208 g/mol. The maximum atomic E-state index is 11.2. The van der Waals surface area contributed by atoms with Crippen molar-refractivity contribution in [2.75, 3.05) is 0 Å². The van der Waals surface area contributed by atoms with Crippen LogP contribution < -0.4 is 10.6 Å². The van der Waals surface area contributed by atoms with Gasteiger partial charge in [0.1, 0.15) is 12.0 Å². The second-order valence-corrected chi connectivity index (χ2v) is 3.25. The minimum absolute atomic E-state index is 0.198. The number of benzene rings is 1.